The van der Waals surface area contributed by atoms with Gasteiger partial charge in [-0.15, -0.1) is 0 Å². The van der Waals surface area contributed by atoms with Crippen molar-refractivity contribution in [2.45, 2.75) is 6.54 Å². The maximum Gasteiger partial charge on any atom is 0.267 e. The van der Waals surface area contributed by atoms with Gasteiger partial charge in [-0.25, -0.2) is 5.48 Å². The number of hydroxylamine groups is 1. The molecule has 0 heterocycles. The fraction of sp³-hybridized carbons (Fsp3) is 0.0625. The maximum atomic E-state index is 10.9. The number of carbonyl (C=O) groups excluding carboxylic acids is 1. The molecule has 0 aliphatic carbocycles. The molecule has 0 fully saturated rings. The molecule has 0 aromatic heterocycles. The van der Waals surface area contributed by atoms with Gasteiger partial charge in [0.25, 0.3) is 5.91 Å². The normalized spacial score (nSPS) is 10.6. The Morgan fingerprint density at radius 2 is 1.95 bits per heavy atom. The van der Waals surface area contributed by atoms with Crippen LogP contribution in [0.2, 0.25) is 5.02 Å². The Kier molecular flexibility index (Phi) is 5.37. The lowest BCUT2D eigenvalue weighted by Crippen LogP contribution is -2.14. The molecule has 0 radical (unpaired) electrons. The van der Waals surface area contributed by atoms with Crippen molar-refractivity contribution in [3.05, 3.63) is 70.8 Å². The molecule has 0 unspecified atom stereocenters. The fourth-order valence-electron chi connectivity index (χ4n) is 1.76. The molecule has 0 aliphatic rings. The number of benzene rings is 2. The predicted molar refractivity (Wildman–Crippen MR) is 84.2 cm³/mol. The summed E-state index contributed by atoms with van der Waals surface area (Å²) in [6.07, 6.45) is 2.89. The molecule has 2 aromatic carbocycles. The van der Waals surface area contributed by atoms with E-state index in [9.17, 15) is 4.79 Å². The largest absolute Gasteiger partial charge is 0.381 e. The third-order valence-electron chi connectivity index (χ3n) is 2.84. The Balaban J connectivity index is 1.93. The molecule has 0 aliphatic heterocycles. The smallest absolute Gasteiger partial charge is 0.267 e. The lowest BCUT2D eigenvalue weighted by Gasteiger charge is -2.07. The molecule has 1 amide bonds. The number of carbonyl (C=O) groups is 1. The van der Waals surface area contributed by atoms with Gasteiger partial charge in [-0.1, -0.05) is 41.9 Å². The van der Waals surface area contributed by atoms with Gasteiger partial charge in [0.05, 0.1) is 0 Å². The zero-order valence-corrected chi connectivity index (χ0v) is 12.0. The van der Waals surface area contributed by atoms with E-state index in [4.69, 9.17) is 16.8 Å². The molecule has 0 bridgehead atoms. The second-order valence-electron chi connectivity index (χ2n) is 4.41. The van der Waals surface area contributed by atoms with E-state index in [1.807, 2.05) is 48.5 Å². The first kappa shape index (κ1) is 15.1. The quantitative estimate of drug-likeness (QED) is 0.450. The number of rotatable bonds is 5. The number of hydrogen-bond donors (Lipinski definition) is 3. The SMILES string of the molecule is O=C(/C=C/c1ccc(CNc2cccc(Cl)c2)cc1)NO. The average molecular weight is 303 g/mol. The van der Waals surface area contributed by atoms with Crippen molar-refractivity contribution in [1.82, 2.24) is 5.48 Å². The van der Waals surface area contributed by atoms with Crippen molar-refractivity contribution in [2.24, 2.45) is 0 Å². The highest BCUT2D eigenvalue weighted by Crippen LogP contribution is 2.16. The van der Waals surface area contributed by atoms with Crippen LogP contribution in [0.3, 0.4) is 0 Å². The van der Waals surface area contributed by atoms with Crippen molar-refractivity contribution >= 4 is 29.3 Å². The van der Waals surface area contributed by atoms with Crippen LogP contribution in [0.5, 0.6) is 0 Å². The van der Waals surface area contributed by atoms with E-state index in [0.29, 0.717) is 11.6 Å². The van der Waals surface area contributed by atoms with Crippen molar-refractivity contribution in [3.63, 3.8) is 0 Å². The highest BCUT2D eigenvalue weighted by Gasteiger charge is 1.96. The minimum absolute atomic E-state index is 0.554. The summed E-state index contributed by atoms with van der Waals surface area (Å²) in [6.45, 7) is 0.682. The van der Waals surface area contributed by atoms with E-state index in [0.717, 1.165) is 16.8 Å². The number of amides is 1. The first-order valence-electron chi connectivity index (χ1n) is 6.38. The second-order valence-corrected chi connectivity index (χ2v) is 4.85. The molecule has 0 spiro atoms. The molecule has 2 aromatic rings. The van der Waals surface area contributed by atoms with Gasteiger partial charge in [0.15, 0.2) is 0 Å². The van der Waals surface area contributed by atoms with Crippen LogP contribution in [-0.2, 0) is 11.3 Å². The minimum Gasteiger partial charge on any atom is -0.381 e. The molecule has 5 heteroatoms. The van der Waals surface area contributed by atoms with Gasteiger partial charge in [0.2, 0.25) is 0 Å². The number of nitrogens with one attached hydrogen (secondary N) is 2. The average Bonchev–Trinajstić information content (AvgIpc) is 2.51. The maximum absolute atomic E-state index is 10.9. The van der Waals surface area contributed by atoms with E-state index < -0.39 is 5.91 Å². The predicted octanol–water partition coefficient (Wildman–Crippen LogP) is 3.47. The Bertz CT molecular complexity index is 639. The van der Waals surface area contributed by atoms with E-state index in [1.165, 1.54) is 6.08 Å². The van der Waals surface area contributed by atoms with E-state index in [2.05, 4.69) is 5.32 Å². The van der Waals surface area contributed by atoms with Gasteiger partial charge in [0.1, 0.15) is 0 Å². The first-order valence-corrected chi connectivity index (χ1v) is 6.76. The van der Waals surface area contributed by atoms with Gasteiger partial charge in [-0.2, -0.15) is 0 Å². The van der Waals surface area contributed by atoms with Crippen LogP contribution in [-0.4, -0.2) is 11.1 Å². The van der Waals surface area contributed by atoms with Crippen LogP contribution in [0.15, 0.2) is 54.6 Å². The first-order chi connectivity index (χ1) is 10.2. The summed E-state index contributed by atoms with van der Waals surface area (Å²) in [5.74, 6) is -0.554. The van der Waals surface area contributed by atoms with Crippen molar-refractivity contribution < 1.29 is 10.0 Å². The van der Waals surface area contributed by atoms with Crippen molar-refractivity contribution in [1.29, 1.82) is 0 Å². The zero-order chi connectivity index (χ0) is 15.1. The number of halogens is 1. The Hall–Kier alpha value is -2.30. The lowest BCUT2D eigenvalue weighted by atomic mass is 10.1. The molecule has 0 saturated carbocycles. The molecule has 0 saturated heterocycles. The lowest BCUT2D eigenvalue weighted by molar-refractivity contribution is -0.124. The Morgan fingerprint density at radius 1 is 1.19 bits per heavy atom. The Labute approximate surface area is 128 Å². The summed E-state index contributed by atoms with van der Waals surface area (Å²) in [5, 5.41) is 12.4. The molecule has 108 valence electrons. The van der Waals surface area contributed by atoms with Crippen LogP contribution in [0, 0.1) is 0 Å². The second kappa shape index (κ2) is 7.47. The molecular weight excluding hydrogens is 288 g/mol. The van der Waals surface area contributed by atoms with Crippen LogP contribution in [0.1, 0.15) is 11.1 Å². The summed E-state index contributed by atoms with van der Waals surface area (Å²) in [4.78, 5) is 10.9. The van der Waals surface area contributed by atoms with Gasteiger partial charge in [-0.05, 0) is 35.4 Å². The molecule has 2 rings (SSSR count). The third kappa shape index (κ3) is 4.95. The summed E-state index contributed by atoms with van der Waals surface area (Å²) < 4.78 is 0. The molecule has 0 atom stereocenters. The number of anilines is 1. The van der Waals surface area contributed by atoms with Gasteiger partial charge in [0, 0.05) is 23.3 Å². The van der Waals surface area contributed by atoms with Gasteiger partial charge >= 0.3 is 0 Å². The van der Waals surface area contributed by atoms with Gasteiger partial charge < -0.3 is 5.32 Å². The summed E-state index contributed by atoms with van der Waals surface area (Å²) in [5.41, 5.74) is 4.50. The highest BCUT2D eigenvalue weighted by atomic mass is 35.5. The van der Waals surface area contributed by atoms with Crippen molar-refractivity contribution in [2.75, 3.05) is 5.32 Å². The summed E-state index contributed by atoms with van der Waals surface area (Å²) in [6, 6.07) is 15.3. The monoisotopic (exact) mass is 302 g/mol. The van der Waals surface area contributed by atoms with E-state index in [-0.39, 0.29) is 0 Å². The minimum atomic E-state index is -0.554. The van der Waals surface area contributed by atoms with Crippen LogP contribution in [0.4, 0.5) is 5.69 Å². The molecule has 3 N–H and O–H groups in total. The standard InChI is InChI=1S/C16H15ClN2O2/c17-14-2-1-3-15(10-14)18-11-13-6-4-12(5-7-13)8-9-16(20)19-21/h1-10,18,21H,11H2,(H,19,20)/b9-8+. The van der Waals surface area contributed by atoms with Crippen molar-refractivity contribution in [3.8, 4) is 0 Å². The highest BCUT2D eigenvalue weighted by molar-refractivity contribution is 6.30. The van der Waals surface area contributed by atoms with Crippen LogP contribution in [0.25, 0.3) is 6.08 Å². The Morgan fingerprint density at radius 3 is 2.62 bits per heavy atom. The fourth-order valence-corrected chi connectivity index (χ4v) is 1.95. The topological polar surface area (TPSA) is 61.4 Å². The summed E-state index contributed by atoms with van der Waals surface area (Å²) >= 11 is 5.92. The molecular formula is C16H15ClN2O2. The molecule has 4 nitrogen and oxygen atoms in total. The third-order valence-corrected chi connectivity index (χ3v) is 3.07. The van der Waals surface area contributed by atoms with E-state index in [1.54, 1.807) is 11.6 Å². The molecule has 21 heavy (non-hydrogen) atoms. The van der Waals surface area contributed by atoms with Crippen LogP contribution < -0.4 is 10.8 Å². The zero-order valence-electron chi connectivity index (χ0n) is 11.2. The van der Waals surface area contributed by atoms with Gasteiger partial charge in [-0.3, -0.25) is 10.0 Å². The van der Waals surface area contributed by atoms with E-state index >= 15 is 0 Å². The number of hydrogen-bond acceptors (Lipinski definition) is 3. The summed E-state index contributed by atoms with van der Waals surface area (Å²) in [7, 11) is 0. The van der Waals surface area contributed by atoms with Crippen LogP contribution >= 0.6 is 11.6 Å².